The highest BCUT2D eigenvalue weighted by Crippen LogP contribution is 2.44. The highest BCUT2D eigenvalue weighted by atomic mass is 32.2. The molecule has 0 unspecified atom stereocenters. The lowest BCUT2D eigenvalue weighted by Crippen LogP contribution is -2.26. The highest BCUT2D eigenvalue weighted by Gasteiger charge is 2.43. The van der Waals surface area contributed by atoms with E-state index in [0.717, 1.165) is 17.7 Å². The summed E-state index contributed by atoms with van der Waals surface area (Å²) in [5.74, 6) is -0.728. The van der Waals surface area contributed by atoms with E-state index < -0.39 is 16.0 Å². The molecule has 0 spiro atoms. The molecule has 1 heterocycles. The van der Waals surface area contributed by atoms with Gasteiger partial charge in [-0.2, -0.15) is 0 Å². The summed E-state index contributed by atoms with van der Waals surface area (Å²) in [4.78, 5) is 11.8. The molecule has 0 aromatic carbocycles. The lowest BCUT2D eigenvalue weighted by atomic mass is 10.3. The lowest BCUT2D eigenvalue weighted by molar-refractivity contribution is -0.138. The number of carboxylic acids is 1. The number of hydrogen-bond donors (Lipinski definition) is 2. The Bertz CT molecular complexity index is 603. The van der Waals surface area contributed by atoms with Gasteiger partial charge in [0.15, 0.2) is 0 Å². The molecule has 0 radical (unpaired) electrons. The van der Waals surface area contributed by atoms with Crippen molar-refractivity contribution in [1.29, 1.82) is 0 Å². The second kappa shape index (κ2) is 4.57. The van der Waals surface area contributed by atoms with Gasteiger partial charge in [0.25, 0.3) is 0 Å². The fraction of sp³-hybridized carbons (Fsp3) is 0.583. The zero-order valence-electron chi connectivity index (χ0n) is 10.2. The molecule has 2 aliphatic carbocycles. The van der Waals surface area contributed by atoms with E-state index in [-0.39, 0.29) is 18.4 Å². The number of aliphatic carboxylic acids is 1. The Labute approximate surface area is 115 Å². The van der Waals surface area contributed by atoms with Crippen LogP contribution >= 0.6 is 11.3 Å². The minimum atomic E-state index is -3.47. The fourth-order valence-electron chi connectivity index (χ4n) is 2.13. The van der Waals surface area contributed by atoms with Crippen molar-refractivity contribution in [3.8, 4) is 0 Å². The third kappa shape index (κ3) is 2.82. The monoisotopic (exact) mass is 301 g/mol. The zero-order chi connectivity index (χ0) is 13.6. The van der Waals surface area contributed by atoms with Crippen molar-refractivity contribution in [2.45, 2.75) is 29.4 Å². The van der Waals surface area contributed by atoms with Crippen LogP contribution in [0.25, 0.3) is 0 Å². The second-order valence-electron chi connectivity index (χ2n) is 5.22. The van der Waals surface area contributed by atoms with Crippen molar-refractivity contribution < 1.29 is 18.3 Å². The molecule has 2 aliphatic rings. The van der Waals surface area contributed by atoms with Crippen molar-refractivity contribution in [3.63, 3.8) is 0 Å². The van der Waals surface area contributed by atoms with E-state index in [0.29, 0.717) is 16.5 Å². The number of thiophene rings is 1. The molecule has 0 bridgehead atoms. The summed E-state index contributed by atoms with van der Waals surface area (Å²) in [6.07, 6.45) is 2.86. The van der Waals surface area contributed by atoms with Crippen LogP contribution in [0.15, 0.2) is 16.3 Å². The standard InChI is InChI=1S/C12H15NO4S2/c14-12(15)9-5-8(9)6-13-19(16,17)11-4-3-10(18-11)7-1-2-7/h3-4,7-9,13H,1-2,5-6H2,(H,14,15)/t8-,9+/m0/s1. The van der Waals surface area contributed by atoms with Crippen LogP contribution in [0.4, 0.5) is 0 Å². The van der Waals surface area contributed by atoms with Gasteiger partial charge >= 0.3 is 5.97 Å². The summed E-state index contributed by atoms with van der Waals surface area (Å²) in [5, 5.41) is 8.77. The average Bonchev–Trinajstić information content (AvgIpc) is 3.26. The topological polar surface area (TPSA) is 83.5 Å². The molecule has 0 aliphatic heterocycles. The van der Waals surface area contributed by atoms with Crippen LogP contribution in [0.3, 0.4) is 0 Å². The first-order valence-corrected chi connectivity index (χ1v) is 8.59. The van der Waals surface area contributed by atoms with Crippen molar-refractivity contribution in [2.24, 2.45) is 11.8 Å². The third-order valence-electron chi connectivity index (χ3n) is 3.62. The molecule has 19 heavy (non-hydrogen) atoms. The van der Waals surface area contributed by atoms with E-state index in [1.165, 1.54) is 11.3 Å². The molecule has 7 heteroatoms. The molecule has 0 amide bonds. The molecule has 1 aromatic heterocycles. The number of rotatable bonds is 6. The number of nitrogens with one attached hydrogen (secondary N) is 1. The smallest absolute Gasteiger partial charge is 0.306 e. The lowest BCUT2D eigenvalue weighted by Gasteiger charge is -2.03. The van der Waals surface area contributed by atoms with Gasteiger partial charge in [-0.15, -0.1) is 11.3 Å². The molecule has 104 valence electrons. The first-order valence-electron chi connectivity index (χ1n) is 6.29. The van der Waals surface area contributed by atoms with E-state index in [2.05, 4.69) is 4.72 Å². The number of carboxylic acid groups (broad SMARTS) is 1. The van der Waals surface area contributed by atoms with E-state index >= 15 is 0 Å². The molecule has 2 atom stereocenters. The van der Waals surface area contributed by atoms with Crippen LogP contribution in [0.1, 0.15) is 30.1 Å². The number of sulfonamides is 1. The summed E-state index contributed by atoms with van der Waals surface area (Å²) in [6, 6.07) is 3.52. The molecule has 2 saturated carbocycles. The minimum absolute atomic E-state index is 0.0601. The van der Waals surface area contributed by atoms with E-state index in [4.69, 9.17) is 5.11 Å². The number of hydrogen-bond acceptors (Lipinski definition) is 4. The average molecular weight is 301 g/mol. The Balaban J connectivity index is 1.60. The van der Waals surface area contributed by atoms with E-state index in [9.17, 15) is 13.2 Å². The van der Waals surface area contributed by atoms with Crippen molar-refractivity contribution in [1.82, 2.24) is 4.72 Å². The van der Waals surface area contributed by atoms with Gasteiger partial charge in [0, 0.05) is 11.4 Å². The Kier molecular flexibility index (Phi) is 3.15. The van der Waals surface area contributed by atoms with E-state index in [1.807, 2.05) is 6.07 Å². The summed E-state index contributed by atoms with van der Waals surface area (Å²) in [5.41, 5.74) is 0. The zero-order valence-corrected chi connectivity index (χ0v) is 11.8. The third-order valence-corrected chi connectivity index (χ3v) is 6.79. The second-order valence-corrected chi connectivity index (χ2v) is 8.33. The first-order chi connectivity index (χ1) is 8.97. The maximum absolute atomic E-state index is 12.0. The van der Waals surface area contributed by atoms with Gasteiger partial charge in [-0.1, -0.05) is 0 Å². The van der Waals surface area contributed by atoms with Gasteiger partial charge in [0.1, 0.15) is 4.21 Å². The molecule has 5 nitrogen and oxygen atoms in total. The van der Waals surface area contributed by atoms with Crippen LogP contribution in [0, 0.1) is 11.8 Å². The molecule has 3 rings (SSSR count). The maximum atomic E-state index is 12.0. The maximum Gasteiger partial charge on any atom is 0.306 e. The summed E-state index contributed by atoms with van der Waals surface area (Å²) >= 11 is 1.32. The molecular formula is C12H15NO4S2. The van der Waals surface area contributed by atoms with Crippen molar-refractivity contribution in [3.05, 3.63) is 17.0 Å². The van der Waals surface area contributed by atoms with Crippen molar-refractivity contribution >= 4 is 27.3 Å². The predicted molar refractivity (Wildman–Crippen MR) is 70.7 cm³/mol. The van der Waals surface area contributed by atoms with Gasteiger partial charge < -0.3 is 5.11 Å². The van der Waals surface area contributed by atoms with Crippen LogP contribution in [0.2, 0.25) is 0 Å². The molecule has 2 fully saturated rings. The normalized spacial score (nSPS) is 26.3. The van der Waals surface area contributed by atoms with Crippen LogP contribution < -0.4 is 4.72 Å². The highest BCUT2D eigenvalue weighted by molar-refractivity contribution is 7.91. The summed E-state index contributed by atoms with van der Waals surface area (Å²) < 4.78 is 26.9. The summed E-state index contributed by atoms with van der Waals surface area (Å²) in [7, 11) is -3.47. The van der Waals surface area contributed by atoms with Crippen LogP contribution in [-0.2, 0) is 14.8 Å². The largest absolute Gasteiger partial charge is 0.481 e. The number of carbonyl (C=O) groups is 1. The van der Waals surface area contributed by atoms with Gasteiger partial charge in [-0.05, 0) is 43.2 Å². The van der Waals surface area contributed by atoms with Crippen molar-refractivity contribution in [2.75, 3.05) is 6.54 Å². The Morgan fingerprint density at radius 2 is 2.16 bits per heavy atom. The Hall–Kier alpha value is -0.920. The molecule has 0 saturated heterocycles. The Morgan fingerprint density at radius 1 is 1.42 bits per heavy atom. The molecular weight excluding hydrogens is 286 g/mol. The van der Waals surface area contributed by atoms with Crippen LogP contribution in [-0.4, -0.2) is 26.0 Å². The minimum Gasteiger partial charge on any atom is -0.481 e. The van der Waals surface area contributed by atoms with Gasteiger partial charge in [-0.3, -0.25) is 4.79 Å². The molecule has 1 aromatic rings. The summed E-state index contributed by atoms with van der Waals surface area (Å²) in [6.45, 7) is 0.218. The van der Waals surface area contributed by atoms with Gasteiger partial charge in [0.05, 0.1) is 5.92 Å². The van der Waals surface area contributed by atoms with Gasteiger partial charge in [-0.25, -0.2) is 13.1 Å². The quantitative estimate of drug-likeness (QED) is 0.836. The first kappa shape index (κ1) is 13.1. The molecule has 2 N–H and O–H groups in total. The predicted octanol–water partition coefficient (Wildman–Crippen LogP) is 1.62. The SMILES string of the molecule is O=C(O)[C@@H]1C[C@H]1CNS(=O)(=O)c1ccc(C2CC2)s1. The van der Waals surface area contributed by atoms with Gasteiger partial charge in [0.2, 0.25) is 10.0 Å². The van der Waals surface area contributed by atoms with E-state index in [1.54, 1.807) is 6.07 Å². The van der Waals surface area contributed by atoms with Crippen LogP contribution in [0.5, 0.6) is 0 Å². The Morgan fingerprint density at radius 3 is 2.74 bits per heavy atom. The fourth-order valence-corrected chi connectivity index (χ4v) is 4.76.